The lowest BCUT2D eigenvalue weighted by Crippen LogP contribution is -2.32. The number of rotatable bonds is 4. The molecule has 0 fully saturated rings. The lowest BCUT2D eigenvalue weighted by molar-refractivity contribution is -0.149. The van der Waals surface area contributed by atoms with Gasteiger partial charge >= 0.3 is 5.97 Å². The fraction of sp³-hybridized carbons (Fsp3) is 0.667. The van der Waals surface area contributed by atoms with Crippen LogP contribution >= 0.6 is 0 Å². The second kappa shape index (κ2) is 3.72. The zero-order valence-electron chi connectivity index (χ0n) is 7.25. The third kappa shape index (κ3) is 1.67. The van der Waals surface area contributed by atoms with Crippen molar-refractivity contribution in [1.29, 1.82) is 0 Å². The van der Waals surface area contributed by atoms with Gasteiger partial charge in [0.05, 0.1) is 6.61 Å². The standard InChI is InChI=1S/C9H14O3/c1-2-12-7-9(8(10)11)5-3-4-6-9/h3,5H,2,4,6-7H2,1H3,(H,10,11). The van der Waals surface area contributed by atoms with Gasteiger partial charge in [0, 0.05) is 6.61 Å². The molecule has 1 rings (SSSR count). The van der Waals surface area contributed by atoms with E-state index >= 15 is 0 Å². The molecule has 3 nitrogen and oxygen atoms in total. The molecule has 0 heterocycles. The van der Waals surface area contributed by atoms with Crippen molar-refractivity contribution in [3.63, 3.8) is 0 Å². The van der Waals surface area contributed by atoms with E-state index in [-0.39, 0.29) is 0 Å². The molecule has 0 aromatic rings. The van der Waals surface area contributed by atoms with Crippen molar-refractivity contribution in [2.24, 2.45) is 5.41 Å². The highest BCUT2D eigenvalue weighted by Gasteiger charge is 2.37. The average Bonchev–Trinajstić information content (AvgIpc) is 2.50. The molecule has 0 aromatic carbocycles. The summed E-state index contributed by atoms with van der Waals surface area (Å²) in [5.41, 5.74) is -0.740. The minimum Gasteiger partial charge on any atom is -0.481 e. The van der Waals surface area contributed by atoms with Gasteiger partial charge in [-0.2, -0.15) is 0 Å². The topological polar surface area (TPSA) is 46.5 Å². The van der Waals surface area contributed by atoms with Crippen LogP contribution in [0.3, 0.4) is 0 Å². The van der Waals surface area contributed by atoms with Gasteiger partial charge in [0.15, 0.2) is 0 Å². The molecule has 12 heavy (non-hydrogen) atoms. The Morgan fingerprint density at radius 1 is 1.75 bits per heavy atom. The molecule has 68 valence electrons. The minimum absolute atomic E-state index is 0.301. The van der Waals surface area contributed by atoms with Crippen LogP contribution in [0.5, 0.6) is 0 Å². The average molecular weight is 170 g/mol. The van der Waals surface area contributed by atoms with E-state index in [0.29, 0.717) is 19.6 Å². The number of allylic oxidation sites excluding steroid dienone is 1. The molecular weight excluding hydrogens is 156 g/mol. The minimum atomic E-state index is -0.773. The maximum absolute atomic E-state index is 10.9. The van der Waals surface area contributed by atoms with Crippen LogP contribution in [0.2, 0.25) is 0 Å². The van der Waals surface area contributed by atoms with Crippen LogP contribution in [-0.2, 0) is 9.53 Å². The molecular formula is C9H14O3. The molecule has 1 N–H and O–H groups in total. The number of carboxylic acid groups (broad SMARTS) is 1. The Labute approximate surface area is 72.0 Å². The number of ether oxygens (including phenoxy) is 1. The highest BCUT2D eigenvalue weighted by molar-refractivity contribution is 5.77. The van der Waals surface area contributed by atoms with Crippen molar-refractivity contribution in [2.45, 2.75) is 19.8 Å². The molecule has 0 aromatic heterocycles. The SMILES string of the molecule is CCOCC1(C(=O)O)C=CCC1. The molecule has 0 spiro atoms. The molecule has 0 aliphatic heterocycles. The highest BCUT2D eigenvalue weighted by atomic mass is 16.5. The molecule has 0 saturated heterocycles. The first-order valence-electron chi connectivity index (χ1n) is 4.20. The van der Waals surface area contributed by atoms with Crippen LogP contribution in [0.25, 0.3) is 0 Å². The molecule has 1 atom stereocenters. The fourth-order valence-corrected chi connectivity index (χ4v) is 1.38. The van der Waals surface area contributed by atoms with E-state index in [2.05, 4.69) is 0 Å². The van der Waals surface area contributed by atoms with E-state index < -0.39 is 11.4 Å². The summed E-state index contributed by atoms with van der Waals surface area (Å²) in [4.78, 5) is 10.9. The van der Waals surface area contributed by atoms with Crippen LogP contribution in [0.4, 0.5) is 0 Å². The predicted molar refractivity (Wildman–Crippen MR) is 44.9 cm³/mol. The van der Waals surface area contributed by atoms with Crippen LogP contribution in [0.1, 0.15) is 19.8 Å². The van der Waals surface area contributed by atoms with Gasteiger partial charge in [0.25, 0.3) is 0 Å². The third-order valence-corrected chi connectivity index (χ3v) is 2.18. The molecule has 0 saturated carbocycles. The number of carbonyl (C=O) groups is 1. The molecule has 0 bridgehead atoms. The largest absolute Gasteiger partial charge is 0.481 e. The summed E-state index contributed by atoms with van der Waals surface area (Å²) >= 11 is 0. The summed E-state index contributed by atoms with van der Waals surface area (Å²) in [7, 11) is 0. The summed E-state index contributed by atoms with van der Waals surface area (Å²) in [6.07, 6.45) is 5.18. The first-order valence-corrected chi connectivity index (χ1v) is 4.20. The van der Waals surface area contributed by atoms with Crippen molar-refractivity contribution >= 4 is 5.97 Å². The Balaban J connectivity index is 2.60. The normalized spacial score (nSPS) is 27.8. The summed E-state index contributed by atoms with van der Waals surface area (Å²) in [6, 6.07) is 0. The van der Waals surface area contributed by atoms with Gasteiger partial charge in [-0.3, -0.25) is 4.79 Å². The first kappa shape index (κ1) is 9.26. The van der Waals surface area contributed by atoms with E-state index in [9.17, 15) is 4.79 Å². The number of carboxylic acids is 1. The van der Waals surface area contributed by atoms with Crippen LogP contribution in [0.15, 0.2) is 12.2 Å². The Bertz CT molecular complexity index is 198. The quantitative estimate of drug-likeness (QED) is 0.649. The van der Waals surface area contributed by atoms with E-state index in [1.165, 1.54) is 0 Å². The summed E-state index contributed by atoms with van der Waals surface area (Å²) < 4.78 is 5.15. The molecule has 0 radical (unpaired) electrons. The maximum Gasteiger partial charge on any atom is 0.315 e. The van der Waals surface area contributed by atoms with E-state index in [0.717, 1.165) is 6.42 Å². The van der Waals surface area contributed by atoms with Gasteiger partial charge in [-0.25, -0.2) is 0 Å². The third-order valence-electron chi connectivity index (χ3n) is 2.18. The van der Waals surface area contributed by atoms with Crippen molar-refractivity contribution in [2.75, 3.05) is 13.2 Å². The zero-order chi connectivity index (χ0) is 9.03. The van der Waals surface area contributed by atoms with Crippen molar-refractivity contribution < 1.29 is 14.6 Å². The van der Waals surface area contributed by atoms with Crippen LogP contribution in [-0.4, -0.2) is 24.3 Å². The Morgan fingerprint density at radius 2 is 2.50 bits per heavy atom. The van der Waals surface area contributed by atoms with E-state index in [4.69, 9.17) is 9.84 Å². The van der Waals surface area contributed by atoms with Crippen molar-refractivity contribution in [3.05, 3.63) is 12.2 Å². The second-order valence-corrected chi connectivity index (χ2v) is 3.04. The van der Waals surface area contributed by atoms with E-state index in [1.54, 1.807) is 6.08 Å². The maximum atomic E-state index is 10.9. The molecule has 0 amide bonds. The van der Waals surface area contributed by atoms with Crippen LogP contribution in [0, 0.1) is 5.41 Å². The second-order valence-electron chi connectivity index (χ2n) is 3.04. The highest BCUT2D eigenvalue weighted by Crippen LogP contribution is 2.32. The Kier molecular flexibility index (Phi) is 2.87. The Morgan fingerprint density at radius 3 is 2.92 bits per heavy atom. The zero-order valence-corrected chi connectivity index (χ0v) is 7.25. The van der Waals surface area contributed by atoms with Crippen LogP contribution < -0.4 is 0 Å². The smallest absolute Gasteiger partial charge is 0.315 e. The van der Waals surface area contributed by atoms with Gasteiger partial charge in [-0.05, 0) is 19.8 Å². The van der Waals surface area contributed by atoms with Gasteiger partial charge < -0.3 is 9.84 Å². The lowest BCUT2D eigenvalue weighted by atomic mass is 9.89. The van der Waals surface area contributed by atoms with Gasteiger partial charge in [-0.15, -0.1) is 0 Å². The number of aliphatic carboxylic acids is 1. The summed E-state index contributed by atoms with van der Waals surface area (Å²) in [5.74, 6) is -0.773. The fourth-order valence-electron chi connectivity index (χ4n) is 1.38. The van der Waals surface area contributed by atoms with Gasteiger partial charge in [0.2, 0.25) is 0 Å². The van der Waals surface area contributed by atoms with Gasteiger partial charge in [0.1, 0.15) is 5.41 Å². The lowest BCUT2D eigenvalue weighted by Gasteiger charge is -2.21. The van der Waals surface area contributed by atoms with E-state index in [1.807, 2.05) is 13.0 Å². The molecule has 1 aliphatic carbocycles. The Hall–Kier alpha value is -0.830. The monoisotopic (exact) mass is 170 g/mol. The number of hydrogen-bond acceptors (Lipinski definition) is 2. The first-order chi connectivity index (χ1) is 5.71. The molecule has 1 unspecified atom stereocenters. The predicted octanol–water partition coefficient (Wildman–Crippen LogP) is 1.44. The molecule has 3 heteroatoms. The van der Waals surface area contributed by atoms with Crippen molar-refractivity contribution in [1.82, 2.24) is 0 Å². The summed E-state index contributed by atoms with van der Waals surface area (Å²) in [5, 5.41) is 8.96. The summed E-state index contributed by atoms with van der Waals surface area (Å²) in [6.45, 7) is 2.74. The number of hydrogen-bond donors (Lipinski definition) is 1. The molecule has 1 aliphatic rings. The van der Waals surface area contributed by atoms with Gasteiger partial charge in [-0.1, -0.05) is 12.2 Å². The van der Waals surface area contributed by atoms with Crippen molar-refractivity contribution in [3.8, 4) is 0 Å².